The van der Waals surface area contributed by atoms with Gasteiger partial charge in [-0.1, -0.05) is 19.9 Å². The summed E-state index contributed by atoms with van der Waals surface area (Å²) in [6.45, 7) is 12.3. The number of rotatable bonds is 3. The second-order valence-electron chi connectivity index (χ2n) is 4.81. The van der Waals surface area contributed by atoms with E-state index < -0.39 is 0 Å². The van der Waals surface area contributed by atoms with Crippen LogP contribution in [0.5, 0.6) is 0 Å². The summed E-state index contributed by atoms with van der Waals surface area (Å²) < 4.78 is 0. The molecular weight excluding hydrogens is 196 g/mol. The average molecular weight is 218 g/mol. The Hall–Kier alpha value is -1.11. The lowest BCUT2D eigenvalue weighted by molar-refractivity contribution is 0.0926. The molecule has 1 rings (SSSR count). The summed E-state index contributed by atoms with van der Waals surface area (Å²) in [7, 11) is 0. The molecule has 0 aliphatic heterocycles. The minimum atomic E-state index is 0.124. The van der Waals surface area contributed by atoms with E-state index in [1.54, 1.807) is 0 Å². The smallest absolute Gasteiger partial charge is 0.166 e. The first kappa shape index (κ1) is 13.0. The predicted molar refractivity (Wildman–Crippen MR) is 69.2 cm³/mol. The maximum absolute atomic E-state index is 12.3. The quantitative estimate of drug-likeness (QED) is 0.696. The molecule has 1 aromatic rings. The molecule has 1 unspecified atom stereocenters. The molecule has 0 aliphatic carbocycles. The summed E-state index contributed by atoms with van der Waals surface area (Å²) in [6.07, 6.45) is 0.907. The van der Waals surface area contributed by atoms with E-state index in [0.29, 0.717) is 5.78 Å². The number of carbonyl (C=O) groups excluding carboxylic acids is 1. The predicted octanol–water partition coefficient (Wildman–Crippen LogP) is 4.15. The molecule has 1 heteroatoms. The second kappa shape index (κ2) is 4.82. The third kappa shape index (κ3) is 2.18. The van der Waals surface area contributed by atoms with E-state index in [4.69, 9.17) is 0 Å². The molecule has 0 radical (unpaired) electrons. The molecule has 0 fully saturated rings. The Morgan fingerprint density at radius 2 is 1.56 bits per heavy atom. The molecule has 1 aromatic carbocycles. The Balaban J connectivity index is 3.38. The van der Waals surface area contributed by atoms with Crippen LogP contribution in [-0.4, -0.2) is 5.78 Å². The molecule has 0 aliphatic rings. The lowest BCUT2D eigenvalue weighted by Gasteiger charge is -2.17. The molecule has 1 atom stereocenters. The van der Waals surface area contributed by atoms with E-state index in [1.165, 1.54) is 11.1 Å². The lowest BCUT2D eigenvalue weighted by Crippen LogP contribution is -2.15. The van der Waals surface area contributed by atoms with Crippen LogP contribution in [-0.2, 0) is 0 Å². The summed E-state index contributed by atoms with van der Waals surface area (Å²) in [5, 5.41) is 0. The first-order valence-corrected chi connectivity index (χ1v) is 6.01. The largest absolute Gasteiger partial charge is 0.294 e. The highest BCUT2D eigenvalue weighted by Gasteiger charge is 2.19. The Morgan fingerprint density at radius 1 is 1.12 bits per heavy atom. The highest BCUT2D eigenvalue weighted by molar-refractivity contribution is 6.00. The van der Waals surface area contributed by atoms with Gasteiger partial charge in [0.2, 0.25) is 0 Å². The molecule has 0 saturated heterocycles. The molecule has 0 amide bonds. The molecule has 0 bridgehead atoms. The molecule has 0 N–H and O–H groups in total. The molecular formula is C15H22O. The van der Waals surface area contributed by atoms with Gasteiger partial charge >= 0.3 is 0 Å². The van der Waals surface area contributed by atoms with Crippen molar-refractivity contribution >= 4 is 5.78 Å². The van der Waals surface area contributed by atoms with E-state index in [2.05, 4.69) is 40.7 Å². The zero-order chi connectivity index (χ0) is 12.5. The zero-order valence-electron chi connectivity index (χ0n) is 11.3. The minimum Gasteiger partial charge on any atom is -0.294 e. The van der Waals surface area contributed by atoms with E-state index in [0.717, 1.165) is 23.1 Å². The van der Waals surface area contributed by atoms with Gasteiger partial charge in [0.25, 0.3) is 0 Å². The number of aryl methyl sites for hydroxylation is 2. The number of hydrogen-bond acceptors (Lipinski definition) is 1. The maximum Gasteiger partial charge on any atom is 0.166 e. The Bertz CT molecular complexity index is 390. The molecule has 16 heavy (non-hydrogen) atoms. The van der Waals surface area contributed by atoms with Crippen LogP contribution >= 0.6 is 0 Å². The van der Waals surface area contributed by atoms with Gasteiger partial charge in [-0.15, -0.1) is 0 Å². The number of benzene rings is 1. The van der Waals surface area contributed by atoms with Gasteiger partial charge < -0.3 is 0 Å². The summed E-state index contributed by atoms with van der Waals surface area (Å²) in [6, 6.07) is 2.16. The Labute approximate surface area is 98.9 Å². The van der Waals surface area contributed by atoms with Gasteiger partial charge in [0.05, 0.1) is 0 Å². The van der Waals surface area contributed by atoms with Crippen LogP contribution in [0.3, 0.4) is 0 Å². The van der Waals surface area contributed by atoms with Gasteiger partial charge in [-0.2, -0.15) is 0 Å². The third-order valence-corrected chi connectivity index (χ3v) is 3.67. The fourth-order valence-electron chi connectivity index (χ4n) is 2.02. The fraction of sp³-hybridized carbons (Fsp3) is 0.533. The molecule has 0 saturated carbocycles. The van der Waals surface area contributed by atoms with Crippen molar-refractivity contribution in [1.29, 1.82) is 0 Å². The first-order chi connectivity index (χ1) is 7.40. The van der Waals surface area contributed by atoms with Crippen LogP contribution in [0.2, 0.25) is 0 Å². The van der Waals surface area contributed by atoms with Crippen molar-refractivity contribution in [3.8, 4) is 0 Å². The molecule has 1 nitrogen and oxygen atoms in total. The Morgan fingerprint density at radius 3 is 1.94 bits per heavy atom. The SMILES string of the molecule is CCC(C)C(=O)c1c(C)c(C)cc(C)c1C. The molecule has 0 spiro atoms. The first-order valence-electron chi connectivity index (χ1n) is 6.01. The van der Waals surface area contributed by atoms with Gasteiger partial charge in [0.1, 0.15) is 0 Å². The van der Waals surface area contributed by atoms with E-state index in [9.17, 15) is 4.79 Å². The second-order valence-corrected chi connectivity index (χ2v) is 4.81. The van der Waals surface area contributed by atoms with Crippen molar-refractivity contribution in [3.05, 3.63) is 33.9 Å². The molecule has 88 valence electrons. The summed E-state index contributed by atoms with van der Waals surface area (Å²) in [4.78, 5) is 12.3. The van der Waals surface area contributed by atoms with Gasteiger partial charge in [0, 0.05) is 11.5 Å². The Kier molecular flexibility index (Phi) is 3.90. The lowest BCUT2D eigenvalue weighted by atomic mass is 9.87. The maximum atomic E-state index is 12.3. The van der Waals surface area contributed by atoms with Crippen LogP contribution in [0.25, 0.3) is 0 Å². The van der Waals surface area contributed by atoms with Crippen LogP contribution in [0, 0.1) is 33.6 Å². The zero-order valence-corrected chi connectivity index (χ0v) is 11.3. The van der Waals surface area contributed by atoms with Crippen molar-refractivity contribution in [1.82, 2.24) is 0 Å². The van der Waals surface area contributed by atoms with Crippen molar-refractivity contribution in [2.45, 2.75) is 48.0 Å². The van der Waals surface area contributed by atoms with Gasteiger partial charge in [-0.3, -0.25) is 4.79 Å². The highest BCUT2D eigenvalue weighted by atomic mass is 16.1. The van der Waals surface area contributed by atoms with E-state index in [1.807, 2.05) is 6.92 Å². The van der Waals surface area contributed by atoms with Crippen molar-refractivity contribution in [3.63, 3.8) is 0 Å². The number of Topliss-reactive ketones (excluding diaryl/α,β-unsaturated/α-hetero) is 1. The highest BCUT2D eigenvalue weighted by Crippen LogP contribution is 2.25. The van der Waals surface area contributed by atoms with Crippen LogP contribution in [0.4, 0.5) is 0 Å². The van der Waals surface area contributed by atoms with Crippen LogP contribution in [0.1, 0.15) is 52.9 Å². The van der Waals surface area contributed by atoms with E-state index in [-0.39, 0.29) is 5.92 Å². The molecule has 0 aromatic heterocycles. The normalized spacial score (nSPS) is 12.6. The van der Waals surface area contributed by atoms with Gasteiger partial charge in [-0.05, 0) is 56.4 Å². The standard InChI is InChI=1S/C15H22O/c1-7-9(2)15(16)14-12(5)10(3)8-11(4)13(14)6/h8-9H,7H2,1-6H3. The van der Waals surface area contributed by atoms with Gasteiger partial charge in [-0.25, -0.2) is 0 Å². The summed E-state index contributed by atoms with van der Waals surface area (Å²) in [5.41, 5.74) is 5.68. The van der Waals surface area contributed by atoms with Crippen molar-refractivity contribution < 1.29 is 4.79 Å². The van der Waals surface area contributed by atoms with Crippen molar-refractivity contribution in [2.75, 3.05) is 0 Å². The van der Waals surface area contributed by atoms with Gasteiger partial charge in [0.15, 0.2) is 5.78 Å². The topological polar surface area (TPSA) is 17.1 Å². The average Bonchev–Trinajstić information content (AvgIpc) is 2.25. The monoisotopic (exact) mass is 218 g/mol. The fourth-order valence-corrected chi connectivity index (χ4v) is 2.02. The van der Waals surface area contributed by atoms with E-state index >= 15 is 0 Å². The summed E-state index contributed by atoms with van der Waals surface area (Å²) >= 11 is 0. The summed E-state index contributed by atoms with van der Waals surface area (Å²) in [5.74, 6) is 0.419. The number of ketones is 1. The minimum absolute atomic E-state index is 0.124. The number of carbonyl (C=O) groups is 1. The number of hydrogen-bond donors (Lipinski definition) is 0. The van der Waals surface area contributed by atoms with Crippen molar-refractivity contribution in [2.24, 2.45) is 5.92 Å². The van der Waals surface area contributed by atoms with Crippen LogP contribution < -0.4 is 0 Å². The third-order valence-electron chi connectivity index (χ3n) is 3.67. The molecule has 0 heterocycles. The van der Waals surface area contributed by atoms with Crippen LogP contribution in [0.15, 0.2) is 6.07 Å².